The molecule has 0 bridgehead atoms. The van der Waals surface area contributed by atoms with E-state index in [-0.39, 0.29) is 26.2 Å². The fourth-order valence-electron chi connectivity index (χ4n) is 2.55. The summed E-state index contributed by atoms with van der Waals surface area (Å²) in [6.45, 7) is 11.2. The van der Waals surface area contributed by atoms with Gasteiger partial charge in [-0.1, -0.05) is 24.3 Å². The molecule has 0 atom stereocenters. The molecule has 0 fully saturated rings. The Balaban J connectivity index is 2.36. The molecule has 2 rings (SSSR count). The lowest BCUT2D eigenvalue weighted by Gasteiger charge is -2.13. The maximum absolute atomic E-state index is 12.5. The second-order valence-electron chi connectivity index (χ2n) is 5.92. The largest absolute Gasteiger partial charge is 0.491 e. The number of benzene rings is 1. The van der Waals surface area contributed by atoms with Crippen molar-refractivity contribution < 1.29 is 4.74 Å². The van der Waals surface area contributed by atoms with Gasteiger partial charge in [0.15, 0.2) is 0 Å². The van der Waals surface area contributed by atoms with Crippen LogP contribution in [0, 0.1) is 13.8 Å². The monoisotopic (exact) mass is 357 g/mol. The summed E-state index contributed by atoms with van der Waals surface area (Å²) in [7, 11) is 0. The number of nitrogens with zero attached hydrogens (tertiary/aromatic N) is 3. The molecule has 7 nitrogen and oxygen atoms in total. The molecule has 0 saturated carbocycles. The smallest absolute Gasteiger partial charge is 0.336 e. The lowest BCUT2D eigenvalue weighted by molar-refractivity contribution is 0.285. The zero-order chi connectivity index (χ0) is 19.3. The van der Waals surface area contributed by atoms with Gasteiger partial charge in [-0.25, -0.2) is 28.1 Å². The van der Waals surface area contributed by atoms with Crippen molar-refractivity contribution in [2.75, 3.05) is 6.61 Å². The minimum Gasteiger partial charge on any atom is -0.491 e. The minimum absolute atomic E-state index is 0.0208. The normalized spacial score (nSPS) is 10.5. The Morgan fingerprint density at radius 1 is 0.923 bits per heavy atom. The van der Waals surface area contributed by atoms with Crippen molar-refractivity contribution in [1.29, 1.82) is 0 Å². The van der Waals surface area contributed by atoms with E-state index in [1.165, 1.54) is 12.2 Å². The highest BCUT2D eigenvalue weighted by molar-refractivity contribution is 5.35. The van der Waals surface area contributed by atoms with Gasteiger partial charge in [-0.3, -0.25) is 0 Å². The van der Waals surface area contributed by atoms with E-state index in [1.54, 1.807) is 0 Å². The van der Waals surface area contributed by atoms with E-state index in [0.717, 1.165) is 24.8 Å². The Kier molecular flexibility index (Phi) is 6.16. The molecule has 138 valence electrons. The molecule has 1 aromatic carbocycles. The number of aromatic nitrogens is 3. The molecule has 7 heteroatoms. The Hall–Kier alpha value is -3.09. The van der Waals surface area contributed by atoms with E-state index in [2.05, 4.69) is 13.2 Å². The molecule has 2 aromatic rings. The van der Waals surface area contributed by atoms with Crippen LogP contribution in [-0.2, 0) is 19.6 Å². The van der Waals surface area contributed by atoms with Crippen LogP contribution in [0.15, 0.2) is 57.9 Å². The van der Waals surface area contributed by atoms with Crippen LogP contribution in [0.4, 0.5) is 0 Å². The third-order valence-electron chi connectivity index (χ3n) is 3.92. The number of allylic oxidation sites excluding steroid dienone is 2. The van der Waals surface area contributed by atoms with Crippen molar-refractivity contribution in [3.8, 4) is 5.75 Å². The van der Waals surface area contributed by atoms with E-state index in [9.17, 15) is 14.4 Å². The quantitative estimate of drug-likeness (QED) is 0.666. The summed E-state index contributed by atoms with van der Waals surface area (Å²) in [5.74, 6) is 0.698. The zero-order valence-corrected chi connectivity index (χ0v) is 15.1. The Labute approximate surface area is 151 Å². The van der Waals surface area contributed by atoms with Crippen molar-refractivity contribution in [1.82, 2.24) is 13.7 Å². The topological polar surface area (TPSA) is 75.2 Å². The van der Waals surface area contributed by atoms with Crippen LogP contribution in [0.3, 0.4) is 0 Å². The summed E-state index contributed by atoms with van der Waals surface area (Å²) in [6, 6.07) is 5.82. The Bertz CT molecular complexity index is 947. The molecule has 0 amide bonds. The standard InChI is InChI=1S/C19H23N3O4/c1-5-9-20-17(23)21(10-6-2)19(25)22(18(20)24)11-12-26-16-13-14(3)7-8-15(16)4/h5-8,13H,1-2,9-12H2,3-4H3. The number of hydrogen-bond acceptors (Lipinski definition) is 4. The van der Waals surface area contributed by atoms with Crippen LogP contribution in [0.1, 0.15) is 11.1 Å². The summed E-state index contributed by atoms with van der Waals surface area (Å²) in [5.41, 5.74) is -0.0136. The van der Waals surface area contributed by atoms with E-state index in [0.29, 0.717) is 5.75 Å². The fraction of sp³-hybridized carbons (Fsp3) is 0.316. The van der Waals surface area contributed by atoms with Gasteiger partial charge >= 0.3 is 17.1 Å². The van der Waals surface area contributed by atoms with E-state index in [1.807, 2.05) is 32.0 Å². The SMILES string of the molecule is C=CCn1c(=O)n(CC=C)c(=O)n(CCOc2cc(C)ccc2C)c1=O. The summed E-state index contributed by atoms with van der Waals surface area (Å²) in [4.78, 5) is 37.3. The molecule has 0 aliphatic heterocycles. The van der Waals surface area contributed by atoms with Crippen LogP contribution in [-0.4, -0.2) is 20.3 Å². The molecular formula is C19H23N3O4. The lowest BCUT2D eigenvalue weighted by atomic mass is 10.1. The number of aryl methyl sites for hydroxylation is 2. The molecule has 0 N–H and O–H groups in total. The number of rotatable bonds is 8. The first-order chi connectivity index (χ1) is 12.4. The van der Waals surface area contributed by atoms with Crippen molar-refractivity contribution >= 4 is 0 Å². The fourth-order valence-corrected chi connectivity index (χ4v) is 2.55. The van der Waals surface area contributed by atoms with Gasteiger partial charge in [-0.05, 0) is 31.0 Å². The van der Waals surface area contributed by atoms with Crippen molar-refractivity contribution in [3.05, 3.63) is 86.1 Å². The van der Waals surface area contributed by atoms with Crippen molar-refractivity contribution in [3.63, 3.8) is 0 Å². The third-order valence-corrected chi connectivity index (χ3v) is 3.92. The third kappa shape index (κ3) is 3.93. The average molecular weight is 357 g/mol. The highest BCUT2D eigenvalue weighted by Gasteiger charge is 2.14. The van der Waals surface area contributed by atoms with Crippen LogP contribution >= 0.6 is 0 Å². The molecule has 0 radical (unpaired) electrons. The first-order valence-corrected chi connectivity index (χ1v) is 8.27. The Morgan fingerprint density at radius 2 is 1.46 bits per heavy atom. The predicted octanol–water partition coefficient (Wildman–Crippen LogP) is 1.24. The maximum atomic E-state index is 12.5. The van der Waals surface area contributed by atoms with Gasteiger partial charge in [0.1, 0.15) is 12.4 Å². The maximum Gasteiger partial charge on any atom is 0.336 e. The van der Waals surface area contributed by atoms with Gasteiger partial charge in [0.05, 0.1) is 19.6 Å². The molecule has 0 spiro atoms. The van der Waals surface area contributed by atoms with Gasteiger partial charge in [-0.2, -0.15) is 0 Å². The second-order valence-corrected chi connectivity index (χ2v) is 5.92. The molecule has 26 heavy (non-hydrogen) atoms. The highest BCUT2D eigenvalue weighted by atomic mass is 16.5. The van der Waals surface area contributed by atoms with Crippen LogP contribution < -0.4 is 21.8 Å². The second kappa shape index (κ2) is 8.33. The predicted molar refractivity (Wildman–Crippen MR) is 101 cm³/mol. The molecule has 0 aliphatic carbocycles. The highest BCUT2D eigenvalue weighted by Crippen LogP contribution is 2.18. The number of hydrogen-bond donors (Lipinski definition) is 0. The van der Waals surface area contributed by atoms with Crippen LogP contribution in [0.2, 0.25) is 0 Å². The van der Waals surface area contributed by atoms with E-state index in [4.69, 9.17) is 4.74 Å². The minimum atomic E-state index is -0.676. The van der Waals surface area contributed by atoms with Crippen LogP contribution in [0.25, 0.3) is 0 Å². The molecule has 1 heterocycles. The average Bonchev–Trinajstić information content (AvgIpc) is 2.61. The zero-order valence-electron chi connectivity index (χ0n) is 15.1. The molecule has 0 aliphatic rings. The summed E-state index contributed by atoms with van der Waals surface area (Å²) >= 11 is 0. The summed E-state index contributed by atoms with van der Waals surface area (Å²) in [5, 5.41) is 0. The molecule has 1 aromatic heterocycles. The van der Waals surface area contributed by atoms with Crippen molar-refractivity contribution in [2.24, 2.45) is 0 Å². The van der Waals surface area contributed by atoms with Gasteiger partial charge in [0.2, 0.25) is 0 Å². The Morgan fingerprint density at radius 3 is 2.00 bits per heavy atom. The summed E-state index contributed by atoms with van der Waals surface area (Å²) in [6.07, 6.45) is 2.87. The van der Waals surface area contributed by atoms with E-state index < -0.39 is 17.1 Å². The first-order valence-electron chi connectivity index (χ1n) is 8.27. The van der Waals surface area contributed by atoms with E-state index >= 15 is 0 Å². The van der Waals surface area contributed by atoms with Gasteiger partial charge in [0, 0.05) is 0 Å². The van der Waals surface area contributed by atoms with Gasteiger partial charge < -0.3 is 4.74 Å². The number of ether oxygens (including phenoxy) is 1. The molecule has 0 saturated heterocycles. The summed E-state index contributed by atoms with van der Waals surface area (Å²) < 4.78 is 8.66. The van der Waals surface area contributed by atoms with Crippen LogP contribution in [0.5, 0.6) is 5.75 Å². The van der Waals surface area contributed by atoms with Gasteiger partial charge in [0.25, 0.3) is 0 Å². The lowest BCUT2D eigenvalue weighted by Crippen LogP contribution is -2.54. The van der Waals surface area contributed by atoms with Crippen molar-refractivity contribution in [2.45, 2.75) is 33.5 Å². The first kappa shape index (κ1) is 19.2. The van der Waals surface area contributed by atoms with Gasteiger partial charge in [-0.15, -0.1) is 13.2 Å². The molecular weight excluding hydrogens is 334 g/mol. The molecule has 0 unspecified atom stereocenters.